The zero-order valence-corrected chi connectivity index (χ0v) is 11.9. The van der Waals surface area contributed by atoms with Gasteiger partial charge in [0.1, 0.15) is 0 Å². The molecular weight excluding hydrogens is 236 g/mol. The van der Waals surface area contributed by atoms with Crippen molar-refractivity contribution in [3.05, 3.63) is 0 Å². The molecule has 0 aliphatic rings. The standard InChI is InChI=1S/C12H24N2O2S/c1-4-7-9-12(11-13,8-5-2)17(15,16)14-10-6-3/h14H,4-10H2,1-3H3. The first-order valence-electron chi connectivity index (χ1n) is 6.40. The molecule has 1 atom stereocenters. The summed E-state index contributed by atoms with van der Waals surface area (Å²) in [6, 6.07) is 2.05. The van der Waals surface area contributed by atoms with E-state index in [1.165, 1.54) is 0 Å². The molecule has 0 rings (SSSR count). The lowest BCUT2D eigenvalue weighted by atomic mass is 9.98. The van der Waals surface area contributed by atoms with Crippen LogP contribution in [0, 0.1) is 11.3 Å². The number of sulfonamides is 1. The van der Waals surface area contributed by atoms with Crippen molar-refractivity contribution in [1.82, 2.24) is 4.72 Å². The second-order valence-electron chi connectivity index (χ2n) is 4.36. The maximum atomic E-state index is 12.2. The smallest absolute Gasteiger partial charge is 0.214 e. The first-order valence-corrected chi connectivity index (χ1v) is 7.88. The highest BCUT2D eigenvalue weighted by atomic mass is 32.2. The summed E-state index contributed by atoms with van der Waals surface area (Å²) in [6.45, 7) is 6.22. The molecule has 4 nitrogen and oxygen atoms in total. The summed E-state index contributed by atoms with van der Waals surface area (Å²) in [4.78, 5) is 0. The molecule has 0 bridgehead atoms. The molecule has 5 heteroatoms. The van der Waals surface area contributed by atoms with Crippen LogP contribution < -0.4 is 4.72 Å². The van der Waals surface area contributed by atoms with Gasteiger partial charge in [0.15, 0.2) is 4.75 Å². The molecule has 0 saturated heterocycles. The molecule has 0 aromatic rings. The van der Waals surface area contributed by atoms with Crippen LogP contribution in [0.4, 0.5) is 0 Å². The van der Waals surface area contributed by atoms with Gasteiger partial charge in [0.05, 0.1) is 6.07 Å². The molecule has 0 aliphatic carbocycles. The molecule has 0 heterocycles. The summed E-state index contributed by atoms with van der Waals surface area (Å²) in [6.07, 6.45) is 3.93. The SMILES string of the molecule is CCCCC(C#N)(CCC)S(=O)(=O)NCCC. The van der Waals surface area contributed by atoms with Gasteiger partial charge in [0, 0.05) is 6.54 Å². The fourth-order valence-electron chi connectivity index (χ4n) is 1.81. The molecule has 0 aromatic heterocycles. The summed E-state index contributed by atoms with van der Waals surface area (Å²) < 4.78 is 25.7. The fourth-order valence-corrected chi connectivity index (χ4v) is 3.56. The zero-order chi connectivity index (χ0) is 13.4. The summed E-state index contributed by atoms with van der Waals surface area (Å²) in [7, 11) is -3.54. The molecule has 0 saturated carbocycles. The summed E-state index contributed by atoms with van der Waals surface area (Å²) >= 11 is 0. The minimum atomic E-state index is -3.54. The summed E-state index contributed by atoms with van der Waals surface area (Å²) in [5, 5.41) is 9.30. The Morgan fingerprint density at radius 2 is 1.76 bits per heavy atom. The van der Waals surface area contributed by atoms with Crippen molar-refractivity contribution in [2.75, 3.05) is 6.54 Å². The van der Waals surface area contributed by atoms with E-state index in [-0.39, 0.29) is 0 Å². The van der Waals surface area contributed by atoms with E-state index in [9.17, 15) is 13.7 Å². The third-order valence-corrected chi connectivity index (χ3v) is 4.96. The van der Waals surface area contributed by atoms with Gasteiger partial charge in [-0.05, 0) is 19.3 Å². The molecule has 0 aliphatic heterocycles. The Labute approximate surface area is 105 Å². The molecular formula is C12H24N2O2S. The first kappa shape index (κ1) is 16.4. The van der Waals surface area contributed by atoms with Gasteiger partial charge in [-0.2, -0.15) is 5.26 Å². The Morgan fingerprint density at radius 1 is 1.12 bits per heavy atom. The van der Waals surface area contributed by atoms with Gasteiger partial charge in [-0.3, -0.25) is 0 Å². The highest BCUT2D eigenvalue weighted by molar-refractivity contribution is 7.91. The number of unbranched alkanes of at least 4 members (excludes halogenated alkanes) is 1. The Balaban J connectivity index is 5.07. The van der Waals surface area contributed by atoms with Gasteiger partial charge in [-0.25, -0.2) is 13.1 Å². The van der Waals surface area contributed by atoms with Crippen molar-refractivity contribution in [1.29, 1.82) is 5.26 Å². The maximum absolute atomic E-state index is 12.2. The second-order valence-corrected chi connectivity index (χ2v) is 6.43. The Morgan fingerprint density at radius 3 is 2.18 bits per heavy atom. The van der Waals surface area contributed by atoms with Crippen LogP contribution in [0.1, 0.15) is 59.3 Å². The van der Waals surface area contributed by atoms with Crippen molar-refractivity contribution in [3.8, 4) is 6.07 Å². The molecule has 100 valence electrons. The van der Waals surface area contributed by atoms with Crippen molar-refractivity contribution >= 4 is 10.0 Å². The topological polar surface area (TPSA) is 70.0 Å². The van der Waals surface area contributed by atoms with Crippen molar-refractivity contribution in [2.24, 2.45) is 0 Å². The minimum Gasteiger partial charge on any atom is -0.214 e. The third-order valence-electron chi connectivity index (χ3n) is 2.85. The van der Waals surface area contributed by atoms with Crippen molar-refractivity contribution < 1.29 is 8.42 Å². The lowest BCUT2D eigenvalue weighted by molar-refractivity contribution is 0.489. The van der Waals surface area contributed by atoms with Crippen molar-refractivity contribution in [3.63, 3.8) is 0 Å². The molecule has 0 radical (unpaired) electrons. The fraction of sp³-hybridized carbons (Fsp3) is 0.917. The third kappa shape index (κ3) is 4.29. The number of hydrogen-bond donors (Lipinski definition) is 1. The lowest BCUT2D eigenvalue weighted by Gasteiger charge is -2.26. The quantitative estimate of drug-likeness (QED) is 0.692. The van der Waals surface area contributed by atoms with Crippen LogP contribution in [0.3, 0.4) is 0 Å². The number of nitrogens with zero attached hydrogens (tertiary/aromatic N) is 1. The Kier molecular flexibility index (Phi) is 7.40. The lowest BCUT2D eigenvalue weighted by Crippen LogP contribution is -2.45. The van der Waals surface area contributed by atoms with Crippen molar-refractivity contribution in [2.45, 2.75) is 64.0 Å². The van der Waals surface area contributed by atoms with E-state index in [0.29, 0.717) is 25.8 Å². The monoisotopic (exact) mass is 260 g/mol. The predicted octanol–water partition coefficient (Wildman–Crippen LogP) is 2.57. The van der Waals surface area contributed by atoms with Gasteiger partial charge in [0.25, 0.3) is 0 Å². The molecule has 17 heavy (non-hydrogen) atoms. The van der Waals surface area contributed by atoms with Gasteiger partial charge in [0.2, 0.25) is 10.0 Å². The van der Waals surface area contributed by atoms with Crippen LogP contribution in [-0.4, -0.2) is 19.7 Å². The summed E-state index contributed by atoms with van der Waals surface area (Å²) in [5.41, 5.74) is 0. The Hall–Kier alpha value is -0.600. The molecule has 0 spiro atoms. The minimum absolute atomic E-state index is 0.404. The van der Waals surface area contributed by atoms with E-state index in [2.05, 4.69) is 10.8 Å². The van der Waals surface area contributed by atoms with E-state index in [1.807, 2.05) is 20.8 Å². The Bertz CT molecular complexity index is 346. The van der Waals surface area contributed by atoms with E-state index >= 15 is 0 Å². The van der Waals surface area contributed by atoms with Gasteiger partial charge >= 0.3 is 0 Å². The van der Waals surface area contributed by atoms with E-state index in [1.54, 1.807) is 0 Å². The average molecular weight is 260 g/mol. The average Bonchev–Trinajstić information content (AvgIpc) is 2.31. The highest BCUT2D eigenvalue weighted by Crippen LogP contribution is 2.28. The number of nitrogens with one attached hydrogen (secondary N) is 1. The molecule has 0 fully saturated rings. The van der Waals surface area contributed by atoms with Crippen LogP contribution in [-0.2, 0) is 10.0 Å². The van der Waals surface area contributed by atoms with Crippen LogP contribution >= 0.6 is 0 Å². The van der Waals surface area contributed by atoms with E-state index < -0.39 is 14.8 Å². The van der Waals surface area contributed by atoms with Gasteiger partial charge in [-0.15, -0.1) is 0 Å². The number of hydrogen-bond acceptors (Lipinski definition) is 3. The highest BCUT2D eigenvalue weighted by Gasteiger charge is 2.42. The van der Waals surface area contributed by atoms with E-state index in [4.69, 9.17) is 0 Å². The van der Waals surface area contributed by atoms with Crippen LogP contribution in [0.25, 0.3) is 0 Å². The van der Waals surface area contributed by atoms with Crippen LogP contribution in [0.2, 0.25) is 0 Å². The summed E-state index contributed by atoms with van der Waals surface area (Å²) in [5.74, 6) is 0. The normalized spacial score (nSPS) is 15.2. The first-order chi connectivity index (χ1) is 7.99. The number of rotatable bonds is 9. The molecule has 1 N–H and O–H groups in total. The predicted molar refractivity (Wildman–Crippen MR) is 70.0 cm³/mol. The second kappa shape index (κ2) is 7.67. The van der Waals surface area contributed by atoms with E-state index in [0.717, 1.165) is 19.3 Å². The van der Waals surface area contributed by atoms with Gasteiger partial charge < -0.3 is 0 Å². The maximum Gasteiger partial charge on any atom is 0.230 e. The molecule has 1 unspecified atom stereocenters. The number of nitriles is 1. The van der Waals surface area contributed by atoms with Gasteiger partial charge in [-0.1, -0.05) is 40.0 Å². The zero-order valence-electron chi connectivity index (χ0n) is 11.1. The van der Waals surface area contributed by atoms with Crippen LogP contribution in [0.15, 0.2) is 0 Å². The molecule has 0 aromatic carbocycles. The largest absolute Gasteiger partial charge is 0.230 e. The molecule has 0 amide bonds. The van der Waals surface area contributed by atoms with Crippen LogP contribution in [0.5, 0.6) is 0 Å².